The van der Waals surface area contributed by atoms with E-state index in [2.05, 4.69) is 11.9 Å². The highest BCUT2D eigenvalue weighted by atomic mass is 16.5. The van der Waals surface area contributed by atoms with Gasteiger partial charge in [0.05, 0.1) is 12.7 Å². The highest BCUT2D eigenvalue weighted by Gasteiger charge is 2.15. The summed E-state index contributed by atoms with van der Waals surface area (Å²) in [5.74, 6) is -0.291. The summed E-state index contributed by atoms with van der Waals surface area (Å²) in [6, 6.07) is 2.11. The predicted molar refractivity (Wildman–Crippen MR) is 68.0 cm³/mol. The van der Waals surface area contributed by atoms with Crippen LogP contribution >= 0.6 is 0 Å². The lowest BCUT2D eigenvalue weighted by atomic mass is 10.2. The number of esters is 1. The fourth-order valence-electron chi connectivity index (χ4n) is 1.60. The van der Waals surface area contributed by atoms with Gasteiger partial charge < -0.3 is 14.6 Å². The fraction of sp³-hybridized carbons (Fsp3) is 0.462. The maximum absolute atomic E-state index is 11.5. The molecule has 0 saturated heterocycles. The minimum absolute atomic E-state index is 0.242. The number of nitrogens with one attached hydrogen (secondary N) is 1. The van der Waals surface area contributed by atoms with Crippen molar-refractivity contribution in [3.8, 4) is 0 Å². The molecule has 1 unspecified atom stereocenters. The zero-order chi connectivity index (χ0) is 13.0. The van der Waals surface area contributed by atoms with Crippen LogP contribution in [-0.4, -0.2) is 23.7 Å². The Kier molecular flexibility index (Phi) is 4.52. The lowest BCUT2D eigenvalue weighted by Gasteiger charge is -2.10. The normalized spacial score (nSPS) is 12.2. The van der Waals surface area contributed by atoms with Crippen molar-refractivity contribution in [1.82, 2.24) is 9.88 Å². The van der Waals surface area contributed by atoms with Gasteiger partial charge in [-0.05, 0) is 19.9 Å². The van der Waals surface area contributed by atoms with Crippen LogP contribution in [0.2, 0.25) is 0 Å². The molecule has 4 nitrogen and oxygen atoms in total. The summed E-state index contributed by atoms with van der Waals surface area (Å²) in [5.41, 5.74) is 2.59. The van der Waals surface area contributed by atoms with E-state index in [0.717, 1.165) is 11.4 Å². The maximum Gasteiger partial charge on any atom is 0.339 e. The summed E-state index contributed by atoms with van der Waals surface area (Å²) in [4.78, 5) is 11.5. The van der Waals surface area contributed by atoms with Gasteiger partial charge in [-0.15, -0.1) is 6.58 Å². The van der Waals surface area contributed by atoms with Gasteiger partial charge in [0.2, 0.25) is 0 Å². The SMILES string of the molecule is C=CC(C)NCc1cc(C(=O)OC)c(C)n1C. The van der Waals surface area contributed by atoms with Gasteiger partial charge in [0.25, 0.3) is 0 Å². The third kappa shape index (κ3) is 2.97. The predicted octanol–water partition coefficient (Wildman–Crippen LogP) is 1.78. The highest BCUT2D eigenvalue weighted by Crippen LogP contribution is 2.15. The van der Waals surface area contributed by atoms with Crippen LogP contribution in [0.4, 0.5) is 0 Å². The number of nitrogens with zero attached hydrogens (tertiary/aromatic N) is 1. The molecule has 0 radical (unpaired) electrons. The first-order valence-electron chi connectivity index (χ1n) is 5.60. The number of hydrogen-bond acceptors (Lipinski definition) is 3. The molecule has 1 aromatic rings. The van der Waals surface area contributed by atoms with Crippen LogP contribution in [0.3, 0.4) is 0 Å². The van der Waals surface area contributed by atoms with Crippen LogP contribution in [0.25, 0.3) is 0 Å². The van der Waals surface area contributed by atoms with E-state index in [4.69, 9.17) is 4.74 Å². The molecule has 4 heteroatoms. The number of aromatic nitrogens is 1. The van der Waals surface area contributed by atoms with Gasteiger partial charge in [0.1, 0.15) is 0 Å². The number of carbonyl (C=O) groups excluding carboxylic acids is 1. The van der Waals surface area contributed by atoms with Crippen LogP contribution in [-0.2, 0) is 18.3 Å². The zero-order valence-electron chi connectivity index (χ0n) is 10.9. The fourth-order valence-corrected chi connectivity index (χ4v) is 1.60. The van der Waals surface area contributed by atoms with Crippen molar-refractivity contribution in [3.05, 3.63) is 35.7 Å². The van der Waals surface area contributed by atoms with Crippen LogP contribution in [0, 0.1) is 6.92 Å². The lowest BCUT2D eigenvalue weighted by Crippen LogP contribution is -2.24. The summed E-state index contributed by atoms with van der Waals surface area (Å²) in [5, 5.41) is 3.30. The molecule has 0 aliphatic heterocycles. The van der Waals surface area contributed by atoms with Gasteiger partial charge in [-0.3, -0.25) is 0 Å². The largest absolute Gasteiger partial charge is 0.465 e. The Bertz CT molecular complexity index is 421. The third-order valence-corrected chi connectivity index (χ3v) is 3.00. The summed E-state index contributed by atoms with van der Waals surface area (Å²) in [7, 11) is 3.34. The van der Waals surface area contributed by atoms with Gasteiger partial charge in [0.15, 0.2) is 0 Å². The van der Waals surface area contributed by atoms with E-state index in [1.165, 1.54) is 7.11 Å². The molecule has 0 aliphatic rings. The molecule has 94 valence electrons. The second kappa shape index (κ2) is 5.68. The summed E-state index contributed by atoms with van der Waals surface area (Å²) in [6.45, 7) is 8.35. The van der Waals surface area contributed by atoms with Gasteiger partial charge in [-0.25, -0.2) is 4.79 Å². The molecule has 0 bridgehead atoms. The van der Waals surface area contributed by atoms with Crippen molar-refractivity contribution in [2.45, 2.75) is 26.4 Å². The van der Waals surface area contributed by atoms with E-state index in [1.807, 2.05) is 37.6 Å². The Labute approximate surface area is 102 Å². The van der Waals surface area contributed by atoms with E-state index in [1.54, 1.807) is 0 Å². The maximum atomic E-state index is 11.5. The molecule has 0 spiro atoms. The zero-order valence-corrected chi connectivity index (χ0v) is 10.9. The Morgan fingerprint density at radius 3 is 2.88 bits per heavy atom. The second-order valence-electron chi connectivity index (χ2n) is 4.09. The number of hydrogen-bond donors (Lipinski definition) is 1. The van der Waals surface area contributed by atoms with Gasteiger partial charge >= 0.3 is 5.97 Å². The molecule has 0 saturated carbocycles. The highest BCUT2D eigenvalue weighted by molar-refractivity contribution is 5.91. The second-order valence-corrected chi connectivity index (χ2v) is 4.09. The molecular weight excluding hydrogens is 216 g/mol. The summed E-state index contributed by atoms with van der Waals surface area (Å²) in [6.07, 6.45) is 1.84. The molecule has 1 aromatic heterocycles. The van der Waals surface area contributed by atoms with Crippen LogP contribution in [0.1, 0.15) is 28.7 Å². The number of ether oxygens (including phenoxy) is 1. The first-order chi connectivity index (χ1) is 8.01. The Morgan fingerprint density at radius 2 is 2.35 bits per heavy atom. The quantitative estimate of drug-likeness (QED) is 0.626. The topological polar surface area (TPSA) is 43.3 Å². The number of rotatable bonds is 5. The van der Waals surface area contributed by atoms with E-state index in [0.29, 0.717) is 12.1 Å². The minimum atomic E-state index is -0.291. The molecular formula is C13H20N2O2. The van der Waals surface area contributed by atoms with Crippen LogP contribution in [0.15, 0.2) is 18.7 Å². The number of methoxy groups -OCH3 is 1. The molecule has 1 rings (SSSR count). The minimum Gasteiger partial charge on any atom is -0.465 e. The molecule has 0 fully saturated rings. The smallest absolute Gasteiger partial charge is 0.339 e. The van der Waals surface area contributed by atoms with Crippen molar-refractivity contribution in [3.63, 3.8) is 0 Å². The lowest BCUT2D eigenvalue weighted by molar-refractivity contribution is 0.0600. The van der Waals surface area contributed by atoms with Crippen molar-refractivity contribution in [1.29, 1.82) is 0 Å². The van der Waals surface area contributed by atoms with E-state index in [9.17, 15) is 4.79 Å². The number of carbonyl (C=O) groups is 1. The molecule has 17 heavy (non-hydrogen) atoms. The van der Waals surface area contributed by atoms with Crippen molar-refractivity contribution in [2.24, 2.45) is 7.05 Å². The van der Waals surface area contributed by atoms with Gasteiger partial charge in [-0.1, -0.05) is 6.08 Å². The van der Waals surface area contributed by atoms with Gasteiger partial charge in [0, 0.05) is 31.0 Å². The average Bonchev–Trinajstić information content (AvgIpc) is 2.62. The van der Waals surface area contributed by atoms with E-state index < -0.39 is 0 Å². The van der Waals surface area contributed by atoms with Gasteiger partial charge in [-0.2, -0.15) is 0 Å². The standard InChI is InChI=1S/C13H20N2O2/c1-6-9(2)14-8-11-7-12(13(16)17-5)10(3)15(11)4/h6-7,9,14H,1,8H2,2-5H3. The van der Waals surface area contributed by atoms with Crippen molar-refractivity contribution >= 4 is 5.97 Å². The molecule has 0 amide bonds. The van der Waals surface area contributed by atoms with E-state index >= 15 is 0 Å². The monoisotopic (exact) mass is 236 g/mol. The molecule has 1 heterocycles. The Hall–Kier alpha value is -1.55. The third-order valence-electron chi connectivity index (χ3n) is 3.00. The molecule has 0 aromatic carbocycles. The van der Waals surface area contributed by atoms with Crippen molar-refractivity contribution < 1.29 is 9.53 Å². The average molecular weight is 236 g/mol. The van der Waals surface area contributed by atoms with Crippen LogP contribution in [0.5, 0.6) is 0 Å². The van der Waals surface area contributed by atoms with E-state index in [-0.39, 0.29) is 12.0 Å². The first-order valence-corrected chi connectivity index (χ1v) is 5.60. The Morgan fingerprint density at radius 1 is 1.71 bits per heavy atom. The molecule has 1 atom stereocenters. The summed E-state index contributed by atoms with van der Waals surface area (Å²) >= 11 is 0. The summed E-state index contributed by atoms with van der Waals surface area (Å²) < 4.78 is 6.74. The molecule has 0 aliphatic carbocycles. The van der Waals surface area contributed by atoms with Crippen LogP contribution < -0.4 is 5.32 Å². The Balaban J connectivity index is 2.87. The molecule has 1 N–H and O–H groups in total. The van der Waals surface area contributed by atoms with Crippen molar-refractivity contribution in [2.75, 3.05) is 7.11 Å². The first kappa shape index (κ1) is 13.5.